The molecule has 0 spiro atoms. The van der Waals surface area contributed by atoms with Crippen LogP contribution >= 0.6 is 0 Å². The third-order valence-corrected chi connectivity index (χ3v) is 2.62. The Kier molecular flexibility index (Phi) is 6.02. The van der Waals surface area contributed by atoms with Gasteiger partial charge in [-0.25, -0.2) is 4.79 Å². The molecule has 0 N–H and O–H groups in total. The summed E-state index contributed by atoms with van der Waals surface area (Å²) in [4.78, 5) is 44.0. The molecule has 0 heterocycles. The van der Waals surface area contributed by atoms with Gasteiger partial charge in [-0.1, -0.05) is 20.8 Å². The number of hydrogen-bond donors (Lipinski definition) is 0. The average molecular weight is 244 g/mol. The summed E-state index contributed by atoms with van der Waals surface area (Å²) in [5.74, 6) is -1.79. The van der Waals surface area contributed by atoms with Crippen LogP contribution in [-0.2, 0) is 24.2 Å². The summed E-state index contributed by atoms with van der Waals surface area (Å²) >= 11 is 0. The molecule has 0 saturated heterocycles. The zero-order valence-corrected chi connectivity index (χ0v) is 11.0. The first-order valence-corrected chi connectivity index (χ1v) is 5.65. The maximum atomic E-state index is 11.8. The van der Waals surface area contributed by atoms with E-state index in [2.05, 4.69) is 4.89 Å². The van der Waals surface area contributed by atoms with Gasteiger partial charge in [0.15, 0.2) is 17.0 Å². The molecule has 5 heteroatoms. The molecule has 0 aromatic carbocycles. The number of carbonyl (C=O) groups excluding carboxylic acids is 3. The average Bonchev–Trinajstić information content (AvgIpc) is 2.17. The van der Waals surface area contributed by atoms with Crippen molar-refractivity contribution in [1.29, 1.82) is 0 Å². The predicted octanol–water partition coefficient (Wildman–Crippen LogP) is 1.69. The van der Waals surface area contributed by atoms with Crippen LogP contribution in [0.15, 0.2) is 0 Å². The standard InChI is InChI=1S/C12H20O5/c1-6-12(9(4)13,10(5)14)11(15)17-16-7-8(2)3/h8H,6-7H2,1-5H3. The molecule has 0 aliphatic rings. The van der Waals surface area contributed by atoms with Gasteiger partial charge in [0.25, 0.3) is 0 Å². The first kappa shape index (κ1) is 15.8. The maximum absolute atomic E-state index is 11.8. The highest BCUT2D eigenvalue weighted by Crippen LogP contribution is 2.26. The van der Waals surface area contributed by atoms with E-state index in [1.54, 1.807) is 6.92 Å². The van der Waals surface area contributed by atoms with Crippen LogP contribution in [0.1, 0.15) is 41.0 Å². The zero-order valence-electron chi connectivity index (χ0n) is 11.0. The number of hydrogen-bond acceptors (Lipinski definition) is 5. The minimum atomic E-state index is -1.73. The maximum Gasteiger partial charge on any atom is 0.363 e. The minimum absolute atomic E-state index is 0.0710. The van der Waals surface area contributed by atoms with E-state index in [-0.39, 0.29) is 18.9 Å². The van der Waals surface area contributed by atoms with Gasteiger partial charge in [0.2, 0.25) is 0 Å². The molecule has 0 saturated carbocycles. The first-order valence-electron chi connectivity index (χ1n) is 5.65. The highest BCUT2D eigenvalue weighted by molar-refractivity contribution is 6.20. The van der Waals surface area contributed by atoms with Gasteiger partial charge in [0.1, 0.15) is 0 Å². The fraction of sp³-hybridized carbons (Fsp3) is 0.750. The summed E-state index contributed by atoms with van der Waals surface area (Å²) in [6.45, 7) is 7.99. The Labute approximate surface area is 101 Å². The van der Waals surface area contributed by atoms with Gasteiger partial charge in [-0.05, 0) is 26.2 Å². The van der Waals surface area contributed by atoms with Crippen molar-refractivity contribution >= 4 is 17.5 Å². The molecule has 0 aromatic rings. The second-order valence-corrected chi connectivity index (χ2v) is 4.42. The Morgan fingerprint density at radius 2 is 1.59 bits per heavy atom. The molecule has 0 aliphatic carbocycles. The van der Waals surface area contributed by atoms with E-state index in [4.69, 9.17) is 4.89 Å². The van der Waals surface area contributed by atoms with Crippen LogP contribution in [0.5, 0.6) is 0 Å². The molecule has 0 aromatic heterocycles. The van der Waals surface area contributed by atoms with Gasteiger partial charge in [-0.3, -0.25) is 14.5 Å². The number of carbonyl (C=O) groups is 3. The topological polar surface area (TPSA) is 69.7 Å². The second-order valence-electron chi connectivity index (χ2n) is 4.42. The van der Waals surface area contributed by atoms with Gasteiger partial charge in [-0.2, -0.15) is 4.89 Å². The Hall–Kier alpha value is -1.23. The molecule has 98 valence electrons. The van der Waals surface area contributed by atoms with Crippen molar-refractivity contribution in [3.05, 3.63) is 0 Å². The Balaban J connectivity index is 4.78. The first-order chi connectivity index (χ1) is 7.78. The lowest BCUT2D eigenvalue weighted by atomic mass is 9.78. The highest BCUT2D eigenvalue weighted by atomic mass is 17.2. The molecule has 17 heavy (non-hydrogen) atoms. The van der Waals surface area contributed by atoms with Crippen LogP contribution in [0.4, 0.5) is 0 Å². The lowest BCUT2D eigenvalue weighted by Crippen LogP contribution is -2.45. The predicted molar refractivity (Wildman–Crippen MR) is 61.0 cm³/mol. The van der Waals surface area contributed by atoms with Crippen LogP contribution in [0.3, 0.4) is 0 Å². The SMILES string of the molecule is CCC(C(C)=O)(C(C)=O)C(=O)OOCC(C)C. The number of ketones is 2. The molecular formula is C12H20O5. The van der Waals surface area contributed by atoms with E-state index in [0.717, 1.165) is 0 Å². The van der Waals surface area contributed by atoms with Gasteiger partial charge in [0, 0.05) is 0 Å². The van der Waals surface area contributed by atoms with Crippen molar-refractivity contribution in [3.63, 3.8) is 0 Å². The zero-order chi connectivity index (χ0) is 13.6. The lowest BCUT2D eigenvalue weighted by molar-refractivity contribution is -0.282. The van der Waals surface area contributed by atoms with E-state index in [1.165, 1.54) is 13.8 Å². The van der Waals surface area contributed by atoms with Crippen molar-refractivity contribution in [2.45, 2.75) is 41.0 Å². The summed E-state index contributed by atoms with van der Waals surface area (Å²) in [5.41, 5.74) is -1.73. The van der Waals surface area contributed by atoms with Gasteiger partial charge in [-0.15, -0.1) is 0 Å². The van der Waals surface area contributed by atoms with Crippen LogP contribution in [0.25, 0.3) is 0 Å². The van der Waals surface area contributed by atoms with Crippen molar-refractivity contribution in [2.24, 2.45) is 11.3 Å². The lowest BCUT2D eigenvalue weighted by Gasteiger charge is -2.23. The van der Waals surface area contributed by atoms with Crippen LogP contribution < -0.4 is 0 Å². The second kappa shape index (κ2) is 6.49. The molecule has 0 radical (unpaired) electrons. The Morgan fingerprint density at radius 1 is 1.12 bits per heavy atom. The highest BCUT2D eigenvalue weighted by Gasteiger charge is 2.48. The molecule has 0 rings (SSSR count). The molecule has 0 fully saturated rings. The molecule has 5 nitrogen and oxygen atoms in total. The molecule has 0 atom stereocenters. The number of Topliss-reactive ketones (excluding diaryl/α,β-unsaturated/α-hetero) is 2. The van der Waals surface area contributed by atoms with E-state index < -0.39 is 23.0 Å². The summed E-state index contributed by atoms with van der Waals surface area (Å²) in [7, 11) is 0. The summed E-state index contributed by atoms with van der Waals surface area (Å²) in [6, 6.07) is 0. The summed E-state index contributed by atoms with van der Waals surface area (Å²) < 4.78 is 0. The number of rotatable bonds is 7. The smallest absolute Gasteiger partial charge is 0.298 e. The van der Waals surface area contributed by atoms with Gasteiger partial charge < -0.3 is 0 Å². The Bertz CT molecular complexity index is 292. The fourth-order valence-corrected chi connectivity index (χ4v) is 1.47. The van der Waals surface area contributed by atoms with Crippen molar-refractivity contribution < 1.29 is 24.2 Å². The van der Waals surface area contributed by atoms with Crippen LogP contribution in [0, 0.1) is 11.3 Å². The van der Waals surface area contributed by atoms with E-state index in [1.807, 2.05) is 13.8 Å². The van der Waals surface area contributed by atoms with Crippen LogP contribution in [-0.4, -0.2) is 24.1 Å². The third kappa shape index (κ3) is 3.63. The Morgan fingerprint density at radius 3 is 1.88 bits per heavy atom. The van der Waals surface area contributed by atoms with Crippen molar-refractivity contribution in [3.8, 4) is 0 Å². The van der Waals surface area contributed by atoms with Gasteiger partial charge >= 0.3 is 5.97 Å². The molecule has 0 unspecified atom stereocenters. The minimum Gasteiger partial charge on any atom is -0.298 e. The largest absolute Gasteiger partial charge is 0.363 e. The van der Waals surface area contributed by atoms with E-state index in [9.17, 15) is 14.4 Å². The molecule has 0 amide bonds. The quantitative estimate of drug-likeness (QED) is 0.387. The van der Waals surface area contributed by atoms with Gasteiger partial charge in [0.05, 0.1) is 6.61 Å². The van der Waals surface area contributed by atoms with Crippen LogP contribution in [0.2, 0.25) is 0 Å². The van der Waals surface area contributed by atoms with E-state index >= 15 is 0 Å². The third-order valence-electron chi connectivity index (χ3n) is 2.62. The summed E-state index contributed by atoms with van der Waals surface area (Å²) in [6.07, 6.45) is 0.0710. The fourth-order valence-electron chi connectivity index (χ4n) is 1.47. The molecule has 0 bridgehead atoms. The molecule has 0 aliphatic heterocycles. The van der Waals surface area contributed by atoms with Crippen molar-refractivity contribution in [2.75, 3.05) is 6.61 Å². The summed E-state index contributed by atoms with van der Waals surface area (Å²) in [5, 5.41) is 0. The van der Waals surface area contributed by atoms with E-state index in [0.29, 0.717) is 0 Å². The van der Waals surface area contributed by atoms with Crippen molar-refractivity contribution in [1.82, 2.24) is 0 Å². The monoisotopic (exact) mass is 244 g/mol. The molecular weight excluding hydrogens is 224 g/mol. The normalized spacial score (nSPS) is 11.4.